The maximum Gasteiger partial charge on any atom is 0.254 e. The number of hydrogen-bond acceptors (Lipinski definition) is 5. The normalized spacial score (nSPS) is 12.2. The third kappa shape index (κ3) is 5.01. The quantitative estimate of drug-likeness (QED) is 0.551. The number of amides is 1. The van der Waals surface area contributed by atoms with Crippen molar-refractivity contribution in [3.63, 3.8) is 0 Å². The van der Waals surface area contributed by atoms with Gasteiger partial charge in [-0.05, 0) is 43.0 Å². The molecule has 5 nitrogen and oxygen atoms in total. The van der Waals surface area contributed by atoms with Gasteiger partial charge in [-0.1, -0.05) is 55.0 Å². The lowest BCUT2D eigenvalue weighted by Crippen LogP contribution is -2.27. The minimum Gasteiger partial charge on any atom is -0.361 e. The van der Waals surface area contributed by atoms with Crippen molar-refractivity contribution in [2.45, 2.75) is 50.4 Å². The molecule has 0 aliphatic heterocycles. The van der Waals surface area contributed by atoms with Crippen LogP contribution in [0.1, 0.15) is 65.7 Å². The summed E-state index contributed by atoms with van der Waals surface area (Å²) in [6.07, 6.45) is 1.70. The first-order chi connectivity index (χ1) is 13.4. The Morgan fingerprint density at radius 3 is 2.50 bits per heavy atom. The predicted octanol–water partition coefficient (Wildman–Crippen LogP) is 5.28. The fourth-order valence-electron chi connectivity index (χ4n) is 2.83. The van der Waals surface area contributed by atoms with Gasteiger partial charge in [-0.15, -0.1) is 0 Å². The average molecular weight is 396 g/mol. The van der Waals surface area contributed by atoms with Crippen molar-refractivity contribution in [3.05, 3.63) is 76.8 Å². The molecule has 28 heavy (non-hydrogen) atoms. The summed E-state index contributed by atoms with van der Waals surface area (Å²) in [5, 5.41) is 7.75. The molecule has 1 atom stereocenters. The van der Waals surface area contributed by atoms with Gasteiger partial charge >= 0.3 is 0 Å². The molecule has 1 unspecified atom stereocenters. The first-order valence-corrected chi connectivity index (χ1v) is 10.3. The molecule has 0 saturated carbocycles. The first-order valence-electron chi connectivity index (χ1n) is 9.34. The highest BCUT2D eigenvalue weighted by molar-refractivity contribution is 7.98. The molecule has 0 aliphatic carbocycles. The zero-order valence-corrected chi connectivity index (χ0v) is 17.4. The van der Waals surface area contributed by atoms with Crippen LogP contribution in [0, 0.1) is 6.92 Å². The van der Waals surface area contributed by atoms with Gasteiger partial charge < -0.3 is 9.84 Å². The second-order valence-electron chi connectivity index (χ2n) is 7.09. The Kier molecular flexibility index (Phi) is 6.52. The summed E-state index contributed by atoms with van der Waals surface area (Å²) in [5.74, 6) is 1.72. The first kappa shape index (κ1) is 20.1. The second-order valence-corrected chi connectivity index (χ2v) is 8.05. The predicted molar refractivity (Wildman–Crippen MR) is 111 cm³/mol. The maximum absolute atomic E-state index is 12.8. The smallest absolute Gasteiger partial charge is 0.254 e. The topological polar surface area (TPSA) is 68.0 Å². The Morgan fingerprint density at radius 2 is 1.86 bits per heavy atom. The average Bonchev–Trinajstić information content (AvgIpc) is 3.11. The zero-order valence-electron chi connectivity index (χ0n) is 16.6. The molecule has 1 amide bonds. The molecular weight excluding hydrogens is 370 g/mol. The van der Waals surface area contributed by atoms with E-state index in [4.69, 9.17) is 4.52 Å². The Hall–Kier alpha value is -2.60. The van der Waals surface area contributed by atoms with E-state index < -0.39 is 0 Å². The Bertz CT molecular complexity index is 935. The number of aryl methyl sites for hydroxylation is 1. The number of rotatable bonds is 7. The summed E-state index contributed by atoms with van der Waals surface area (Å²) >= 11 is 1.48. The standard InChI is InChI=1S/C22H25N3O2S/c1-14(2)17-7-9-18(10-8-17)16(4)24-21(26)20-6-5-11-23-22(20)28-13-19-12-15(3)27-25-19/h5-12,14,16H,13H2,1-4H3,(H,24,26). The van der Waals surface area contributed by atoms with Crippen molar-refractivity contribution in [2.75, 3.05) is 0 Å². The van der Waals surface area contributed by atoms with Crippen LogP contribution >= 0.6 is 11.8 Å². The van der Waals surface area contributed by atoms with Crippen LogP contribution < -0.4 is 5.32 Å². The number of aromatic nitrogens is 2. The van der Waals surface area contributed by atoms with E-state index in [0.717, 1.165) is 17.0 Å². The number of carbonyl (C=O) groups excluding carboxylic acids is 1. The van der Waals surface area contributed by atoms with Crippen LogP contribution in [0.15, 0.2) is 58.2 Å². The van der Waals surface area contributed by atoms with E-state index >= 15 is 0 Å². The van der Waals surface area contributed by atoms with Gasteiger partial charge in [-0.25, -0.2) is 4.98 Å². The minimum absolute atomic E-state index is 0.0926. The number of nitrogens with one attached hydrogen (secondary N) is 1. The largest absolute Gasteiger partial charge is 0.361 e. The Labute approximate surface area is 169 Å². The lowest BCUT2D eigenvalue weighted by Gasteiger charge is -2.16. The van der Waals surface area contributed by atoms with Gasteiger partial charge in [0.15, 0.2) is 0 Å². The van der Waals surface area contributed by atoms with Crippen LogP contribution in [0.5, 0.6) is 0 Å². The summed E-state index contributed by atoms with van der Waals surface area (Å²) in [5.41, 5.74) is 3.77. The van der Waals surface area contributed by atoms with Crippen LogP contribution in [0.4, 0.5) is 0 Å². The van der Waals surface area contributed by atoms with Gasteiger partial charge in [-0.2, -0.15) is 0 Å². The molecule has 0 bridgehead atoms. The second kappa shape index (κ2) is 9.06. The van der Waals surface area contributed by atoms with Crippen molar-refractivity contribution in [2.24, 2.45) is 0 Å². The van der Waals surface area contributed by atoms with Crippen molar-refractivity contribution in [3.8, 4) is 0 Å². The van der Waals surface area contributed by atoms with Crippen LogP contribution in [0.3, 0.4) is 0 Å². The van der Waals surface area contributed by atoms with Gasteiger partial charge in [-0.3, -0.25) is 4.79 Å². The summed E-state index contributed by atoms with van der Waals surface area (Å²) in [7, 11) is 0. The molecule has 6 heteroatoms. The SMILES string of the molecule is Cc1cc(CSc2ncccc2C(=O)NC(C)c2ccc(C(C)C)cc2)no1. The Morgan fingerprint density at radius 1 is 1.14 bits per heavy atom. The summed E-state index contributed by atoms with van der Waals surface area (Å²) < 4.78 is 5.09. The van der Waals surface area contributed by atoms with Crippen molar-refractivity contribution in [1.82, 2.24) is 15.5 Å². The number of carbonyl (C=O) groups is 1. The number of benzene rings is 1. The third-order valence-corrected chi connectivity index (χ3v) is 5.54. The van der Waals surface area contributed by atoms with E-state index in [1.807, 2.05) is 19.9 Å². The molecule has 146 valence electrons. The molecule has 0 radical (unpaired) electrons. The molecule has 0 fully saturated rings. The van der Waals surface area contributed by atoms with E-state index in [2.05, 4.69) is 53.6 Å². The summed E-state index contributed by atoms with van der Waals surface area (Å²) in [6, 6.07) is 13.8. The van der Waals surface area contributed by atoms with Gasteiger partial charge in [0.1, 0.15) is 10.8 Å². The minimum atomic E-state index is -0.132. The van der Waals surface area contributed by atoms with Crippen molar-refractivity contribution >= 4 is 17.7 Å². The highest BCUT2D eigenvalue weighted by Gasteiger charge is 2.16. The van der Waals surface area contributed by atoms with E-state index in [0.29, 0.717) is 22.3 Å². The number of nitrogens with zero attached hydrogens (tertiary/aromatic N) is 2. The molecule has 3 aromatic rings. The highest BCUT2D eigenvalue weighted by Crippen LogP contribution is 2.25. The summed E-state index contributed by atoms with van der Waals surface area (Å²) in [6.45, 7) is 8.18. The van der Waals surface area contributed by atoms with Crippen LogP contribution in [-0.4, -0.2) is 16.0 Å². The lowest BCUT2D eigenvalue weighted by molar-refractivity contribution is 0.0936. The zero-order chi connectivity index (χ0) is 20.1. The number of thioether (sulfide) groups is 1. The molecule has 0 spiro atoms. The van der Waals surface area contributed by atoms with Crippen molar-refractivity contribution in [1.29, 1.82) is 0 Å². The van der Waals surface area contributed by atoms with Crippen molar-refractivity contribution < 1.29 is 9.32 Å². The molecular formula is C22H25N3O2S. The molecule has 2 heterocycles. The van der Waals surface area contributed by atoms with Crippen LogP contribution in [-0.2, 0) is 5.75 Å². The molecule has 3 rings (SSSR count). The maximum atomic E-state index is 12.8. The lowest BCUT2D eigenvalue weighted by atomic mass is 9.99. The number of hydrogen-bond donors (Lipinski definition) is 1. The molecule has 1 N–H and O–H groups in total. The molecule has 0 saturated heterocycles. The van der Waals surface area contributed by atoms with E-state index in [1.165, 1.54) is 17.3 Å². The van der Waals surface area contributed by atoms with Crippen LogP contribution in [0.25, 0.3) is 0 Å². The highest BCUT2D eigenvalue weighted by atomic mass is 32.2. The van der Waals surface area contributed by atoms with Crippen LogP contribution in [0.2, 0.25) is 0 Å². The molecule has 0 aliphatic rings. The van der Waals surface area contributed by atoms with Gasteiger partial charge in [0, 0.05) is 18.0 Å². The fraction of sp³-hybridized carbons (Fsp3) is 0.318. The monoisotopic (exact) mass is 395 g/mol. The Balaban J connectivity index is 1.68. The number of pyridine rings is 1. The van der Waals surface area contributed by atoms with E-state index in [9.17, 15) is 4.79 Å². The van der Waals surface area contributed by atoms with Gasteiger partial charge in [0.2, 0.25) is 0 Å². The molecule has 2 aromatic heterocycles. The fourth-order valence-corrected chi connectivity index (χ4v) is 3.71. The van der Waals surface area contributed by atoms with E-state index in [-0.39, 0.29) is 11.9 Å². The van der Waals surface area contributed by atoms with Gasteiger partial charge in [0.05, 0.1) is 17.3 Å². The van der Waals surface area contributed by atoms with E-state index in [1.54, 1.807) is 18.3 Å². The summed E-state index contributed by atoms with van der Waals surface area (Å²) in [4.78, 5) is 17.2. The molecule has 1 aromatic carbocycles. The third-order valence-electron chi connectivity index (χ3n) is 4.50. The van der Waals surface area contributed by atoms with Gasteiger partial charge in [0.25, 0.3) is 5.91 Å².